The van der Waals surface area contributed by atoms with Crippen LogP contribution in [0.1, 0.15) is 32.1 Å². The number of aromatic nitrogens is 2. The Bertz CT molecular complexity index is 658. The summed E-state index contributed by atoms with van der Waals surface area (Å²) in [6, 6.07) is 4.03. The van der Waals surface area contributed by atoms with E-state index in [4.69, 9.17) is 4.42 Å². The third-order valence-electron chi connectivity index (χ3n) is 4.51. The minimum absolute atomic E-state index is 0.149. The predicted molar refractivity (Wildman–Crippen MR) is 83.8 cm³/mol. The number of hydrogen-bond donors (Lipinski definition) is 1. The molecule has 1 fully saturated rings. The first-order valence-corrected chi connectivity index (χ1v) is 8.09. The summed E-state index contributed by atoms with van der Waals surface area (Å²) in [7, 11) is 0. The van der Waals surface area contributed by atoms with Gasteiger partial charge < -0.3 is 9.52 Å². The van der Waals surface area contributed by atoms with Crippen molar-refractivity contribution in [2.24, 2.45) is 0 Å². The lowest BCUT2D eigenvalue weighted by atomic mass is 9.94. The smallest absolute Gasteiger partial charge is 0.406 e. The van der Waals surface area contributed by atoms with E-state index < -0.39 is 0 Å². The molecule has 120 valence electrons. The normalized spacial score (nSPS) is 16.6. The van der Waals surface area contributed by atoms with Gasteiger partial charge in [0.2, 0.25) is 0 Å². The molecule has 1 aliphatic carbocycles. The van der Waals surface area contributed by atoms with Crippen LogP contribution >= 0.6 is 0 Å². The summed E-state index contributed by atoms with van der Waals surface area (Å²) in [6.45, 7) is 2.08. The Morgan fingerprint density at radius 2 is 2.14 bits per heavy atom. The topological polar surface area (TPSA) is 71.5 Å². The average molecular weight is 305 g/mol. The molecule has 3 rings (SSSR count). The maximum Gasteiger partial charge on any atom is 0.421 e. The van der Waals surface area contributed by atoms with Crippen molar-refractivity contribution >= 4 is 11.2 Å². The first kappa shape index (κ1) is 15.2. The molecule has 0 bridgehead atoms. The van der Waals surface area contributed by atoms with Crippen LogP contribution in [0.2, 0.25) is 0 Å². The molecule has 0 radical (unpaired) electrons. The summed E-state index contributed by atoms with van der Waals surface area (Å²) in [5.74, 6) is -0.360. The Hall–Kier alpha value is -1.66. The van der Waals surface area contributed by atoms with Crippen molar-refractivity contribution in [1.82, 2.24) is 14.5 Å². The van der Waals surface area contributed by atoms with Gasteiger partial charge in [0.1, 0.15) is 0 Å². The molecule has 1 saturated carbocycles. The molecule has 2 aromatic heterocycles. The van der Waals surface area contributed by atoms with Gasteiger partial charge in [-0.2, -0.15) is 0 Å². The van der Waals surface area contributed by atoms with Crippen molar-refractivity contribution in [2.45, 2.75) is 44.7 Å². The second-order valence-electron chi connectivity index (χ2n) is 5.90. The van der Waals surface area contributed by atoms with Crippen LogP contribution in [-0.2, 0) is 6.54 Å². The van der Waals surface area contributed by atoms with E-state index in [-0.39, 0.29) is 12.4 Å². The molecule has 0 unspecified atom stereocenters. The van der Waals surface area contributed by atoms with E-state index in [1.54, 1.807) is 22.9 Å². The van der Waals surface area contributed by atoms with Gasteiger partial charge in [0, 0.05) is 31.9 Å². The van der Waals surface area contributed by atoms with Crippen molar-refractivity contribution in [3.63, 3.8) is 0 Å². The van der Waals surface area contributed by atoms with Crippen LogP contribution in [0, 0.1) is 0 Å². The average Bonchev–Trinajstić information content (AvgIpc) is 2.88. The fourth-order valence-corrected chi connectivity index (χ4v) is 3.38. The Morgan fingerprint density at radius 3 is 2.91 bits per heavy atom. The van der Waals surface area contributed by atoms with E-state index in [2.05, 4.69) is 9.88 Å². The van der Waals surface area contributed by atoms with Crippen molar-refractivity contribution < 1.29 is 9.52 Å². The van der Waals surface area contributed by atoms with Crippen molar-refractivity contribution in [3.8, 4) is 0 Å². The van der Waals surface area contributed by atoms with Gasteiger partial charge in [-0.15, -0.1) is 0 Å². The molecular weight excluding hydrogens is 282 g/mol. The Balaban J connectivity index is 1.73. The molecule has 1 aliphatic rings. The van der Waals surface area contributed by atoms with E-state index in [1.165, 1.54) is 32.1 Å². The number of aliphatic hydroxyl groups excluding tert-OH is 1. The molecule has 2 heterocycles. The summed E-state index contributed by atoms with van der Waals surface area (Å²) in [6.07, 6.45) is 7.84. The highest BCUT2D eigenvalue weighted by Crippen LogP contribution is 2.22. The van der Waals surface area contributed by atoms with Gasteiger partial charge >= 0.3 is 5.76 Å². The molecule has 0 atom stereocenters. The Kier molecular flexibility index (Phi) is 4.90. The first-order chi connectivity index (χ1) is 10.8. The van der Waals surface area contributed by atoms with Crippen LogP contribution in [-0.4, -0.2) is 45.3 Å². The lowest BCUT2D eigenvalue weighted by molar-refractivity contribution is 0.119. The molecule has 22 heavy (non-hydrogen) atoms. The summed E-state index contributed by atoms with van der Waals surface area (Å²) < 4.78 is 6.80. The lowest BCUT2D eigenvalue weighted by Crippen LogP contribution is -2.41. The highest BCUT2D eigenvalue weighted by atomic mass is 16.4. The highest BCUT2D eigenvalue weighted by molar-refractivity contribution is 5.67. The third kappa shape index (κ3) is 3.23. The minimum atomic E-state index is -0.360. The standard InChI is InChI=1S/C16H23N3O3/c20-12-11-18(13-5-2-1-3-6-13)9-10-19-15-14(22-16(19)21)7-4-8-17-15/h4,7-8,13,20H,1-3,5-6,9-12H2. The molecule has 0 spiro atoms. The van der Waals surface area contributed by atoms with Gasteiger partial charge in [-0.05, 0) is 25.0 Å². The van der Waals surface area contributed by atoms with Gasteiger partial charge in [-0.1, -0.05) is 19.3 Å². The Morgan fingerprint density at radius 1 is 1.32 bits per heavy atom. The van der Waals surface area contributed by atoms with E-state index in [0.29, 0.717) is 30.4 Å². The fourth-order valence-electron chi connectivity index (χ4n) is 3.38. The molecule has 0 amide bonds. The Labute approximate surface area is 129 Å². The summed E-state index contributed by atoms with van der Waals surface area (Å²) in [5.41, 5.74) is 1.12. The number of oxazole rings is 1. The van der Waals surface area contributed by atoms with Crippen LogP contribution in [0.25, 0.3) is 11.2 Å². The highest BCUT2D eigenvalue weighted by Gasteiger charge is 2.21. The second-order valence-corrected chi connectivity index (χ2v) is 5.90. The number of hydrogen-bond acceptors (Lipinski definition) is 5. The van der Waals surface area contributed by atoms with Gasteiger partial charge in [-0.3, -0.25) is 9.47 Å². The van der Waals surface area contributed by atoms with Crippen LogP contribution in [0.15, 0.2) is 27.5 Å². The number of fused-ring (bicyclic) bond motifs is 1. The summed E-state index contributed by atoms with van der Waals surface area (Å²) >= 11 is 0. The number of aliphatic hydroxyl groups is 1. The molecule has 1 N–H and O–H groups in total. The largest absolute Gasteiger partial charge is 0.421 e. The molecule has 0 aromatic carbocycles. The molecule has 6 heteroatoms. The predicted octanol–water partition coefficient (Wildman–Crippen LogP) is 1.62. The summed E-state index contributed by atoms with van der Waals surface area (Å²) in [4.78, 5) is 18.5. The zero-order valence-corrected chi connectivity index (χ0v) is 12.8. The van der Waals surface area contributed by atoms with Gasteiger partial charge in [0.15, 0.2) is 11.2 Å². The zero-order valence-electron chi connectivity index (χ0n) is 12.8. The van der Waals surface area contributed by atoms with E-state index >= 15 is 0 Å². The minimum Gasteiger partial charge on any atom is -0.406 e. The van der Waals surface area contributed by atoms with E-state index in [9.17, 15) is 9.90 Å². The van der Waals surface area contributed by atoms with Crippen LogP contribution in [0.3, 0.4) is 0 Å². The van der Waals surface area contributed by atoms with Crippen LogP contribution in [0.5, 0.6) is 0 Å². The second kappa shape index (κ2) is 7.07. The number of nitrogens with zero attached hydrogens (tertiary/aromatic N) is 3. The fraction of sp³-hybridized carbons (Fsp3) is 0.625. The number of pyridine rings is 1. The number of rotatable bonds is 6. The molecular formula is C16H23N3O3. The van der Waals surface area contributed by atoms with Gasteiger partial charge in [-0.25, -0.2) is 9.78 Å². The molecule has 0 aliphatic heterocycles. The van der Waals surface area contributed by atoms with Crippen molar-refractivity contribution in [2.75, 3.05) is 19.7 Å². The zero-order chi connectivity index (χ0) is 15.4. The lowest BCUT2D eigenvalue weighted by Gasteiger charge is -2.33. The quantitative estimate of drug-likeness (QED) is 0.878. The van der Waals surface area contributed by atoms with E-state index in [1.807, 2.05) is 0 Å². The maximum atomic E-state index is 12.0. The van der Waals surface area contributed by atoms with Crippen LogP contribution in [0.4, 0.5) is 0 Å². The van der Waals surface area contributed by atoms with Crippen molar-refractivity contribution in [1.29, 1.82) is 0 Å². The van der Waals surface area contributed by atoms with Crippen LogP contribution < -0.4 is 5.76 Å². The molecule has 0 saturated heterocycles. The van der Waals surface area contributed by atoms with E-state index in [0.717, 1.165) is 6.54 Å². The SMILES string of the molecule is O=c1oc2cccnc2n1CCN(CCO)C1CCCCC1. The van der Waals surface area contributed by atoms with Crippen molar-refractivity contribution in [3.05, 3.63) is 28.9 Å². The third-order valence-corrected chi connectivity index (χ3v) is 4.51. The molecule has 2 aromatic rings. The first-order valence-electron chi connectivity index (χ1n) is 8.09. The summed E-state index contributed by atoms with van der Waals surface area (Å²) in [5, 5.41) is 9.31. The maximum absolute atomic E-state index is 12.0. The monoisotopic (exact) mass is 305 g/mol. The van der Waals surface area contributed by atoms with Gasteiger partial charge in [0.05, 0.1) is 6.61 Å². The van der Waals surface area contributed by atoms with Gasteiger partial charge in [0.25, 0.3) is 0 Å². The molecule has 6 nitrogen and oxygen atoms in total.